The molecule has 1 saturated heterocycles. The second kappa shape index (κ2) is 18.6. The smallest absolute Gasteiger partial charge is 0.387 e. The number of imidazole rings is 1. The predicted octanol–water partition coefficient (Wildman–Crippen LogP) is 4.28. The van der Waals surface area contributed by atoms with E-state index in [0.717, 1.165) is 42.2 Å². The molecule has 0 radical (unpaired) electrons. The summed E-state index contributed by atoms with van der Waals surface area (Å²) in [6.45, 7) is 10.1. The molecular formula is C30H47N4O15P3. The molecule has 292 valence electrons. The SMILES string of the molecule is CC(C)=CCC/C(C)=C/CC/C(C)=C/CC/C(C)=C/CC(OP(=O)(O)OP(=O)(O)OP(=O)(O)O)[C@H]1O[C@@H](n2cnc3c(=O)[nH]c(=O)[nH]c32)[C@H](O)[C@@H]1O. The molecule has 1 aliphatic heterocycles. The van der Waals surface area contributed by atoms with Gasteiger partial charge in [0.1, 0.15) is 30.1 Å². The fourth-order valence-corrected chi connectivity index (χ4v) is 8.59. The number of phosphoric acid groups is 3. The number of hydrogen-bond donors (Lipinski definition) is 8. The number of fused-ring (bicyclic) bond motifs is 1. The van der Waals surface area contributed by atoms with E-state index in [-0.39, 0.29) is 17.6 Å². The summed E-state index contributed by atoms with van der Waals surface area (Å²) < 4.78 is 55.6. The summed E-state index contributed by atoms with van der Waals surface area (Å²) in [5, 5.41) is 21.9. The van der Waals surface area contributed by atoms with Gasteiger partial charge >= 0.3 is 29.2 Å². The summed E-state index contributed by atoms with van der Waals surface area (Å²) in [7, 11) is -17.3. The van der Waals surface area contributed by atoms with Crippen molar-refractivity contribution in [3.8, 4) is 0 Å². The van der Waals surface area contributed by atoms with Crippen molar-refractivity contribution >= 4 is 34.6 Å². The summed E-state index contributed by atoms with van der Waals surface area (Å²) in [6.07, 6.45) is 5.23. The molecule has 7 atom stereocenters. The van der Waals surface area contributed by atoms with E-state index in [1.807, 2.05) is 11.9 Å². The van der Waals surface area contributed by atoms with Gasteiger partial charge in [0.15, 0.2) is 11.7 Å². The third-order valence-electron chi connectivity index (χ3n) is 7.92. The number of hydrogen-bond acceptors (Lipinski definition) is 12. The maximum absolute atomic E-state index is 12.8. The van der Waals surface area contributed by atoms with E-state index in [4.69, 9.17) is 19.0 Å². The summed E-state index contributed by atoms with van der Waals surface area (Å²) in [6, 6.07) is 0. The molecule has 2 aromatic heterocycles. The van der Waals surface area contributed by atoms with Crippen LogP contribution in [0.4, 0.5) is 0 Å². The number of nitrogens with one attached hydrogen (secondary N) is 2. The zero-order valence-electron chi connectivity index (χ0n) is 29.3. The number of H-pyrrole nitrogens is 2. The molecule has 0 spiro atoms. The molecule has 0 bridgehead atoms. The van der Waals surface area contributed by atoms with Crippen molar-refractivity contribution in [2.45, 2.75) is 110 Å². The van der Waals surface area contributed by atoms with Gasteiger partial charge in [-0.15, -0.1) is 0 Å². The minimum absolute atomic E-state index is 0.181. The summed E-state index contributed by atoms with van der Waals surface area (Å²) in [4.78, 5) is 70.0. The third-order valence-corrected chi connectivity index (χ3v) is 11.8. The Bertz CT molecular complexity index is 1940. The van der Waals surface area contributed by atoms with Gasteiger partial charge in [-0.2, -0.15) is 8.62 Å². The molecule has 0 saturated carbocycles. The van der Waals surface area contributed by atoms with Crippen LogP contribution in [0.5, 0.6) is 0 Å². The van der Waals surface area contributed by atoms with Crippen molar-refractivity contribution in [2.24, 2.45) is 0 Å². The second-order valence-corrected chi connectivity index (χ2v) is 17.1. The number of allylic oxidation sites excluding steroid dienone is 7. The normalized spacial score (nSPS) is 23.4. The van der Waals surface area contributed by atoms with Crippen molar-refractivity contribution in [1.82, 2.24) is 19.5 Å². The highest BCUT2D eigenvalue weighted by molar-refractivity contribution is 7.66. The van der Waals surface area contributed by atoms with Crippen LogP contribution in [0, 0.1) is 0 Å². The number of aromatic nitrogens is 4. The third kappa shape index (κ3) is 13.7. The molecule has 19 nitrogen and oxygen atoms in total. The molecular weight excluding hydrogens is 749 g/mol. The molecule has 0 aliphatic carbocycles. The van der Waals surface area contributed by atoms with Crippen LogP contribution in [0.3, 0.4) is 0 Å². The van der Waals surface area contributed by atoms with E-state index in [2.05, 4.69) is 57.6 Å². The topological polar surface area (TPSA) is 293 Å². The number of aliphatic hydroxyl groups is 2. The van der Waals surface area contributed by atoms with Gasteiger partial charge in [0, 0.05) is 0 Å². The van der Waals surface area contributed by atoms with Crippen molar-refractivity contribution in [1.29, 1.82) is 0 Å². The first-order valence-electron chi connectivity index (χ1n) is 16.2. The average Bonchev–Trinajstić information content (AvgIpc) is 3.53. The lowest BCUT2D eigenvalue weighted by Crippen LogP contribution is -2.39. The predicted molar refractivity (Wildman–Crippen MR) is 189 cm³/mol. The first-order valence-corrected chi connectivity index (χ1v) is 20.7. The summed E-state index contributed by atoms with van der Waals surface area (Å²) >= 11 is 0. The van der Waals surface area contributed by atoms with Gasteiger partial charge < -0.3 is 34.5 Å². The zero-order valence-corrected chi connectivity index (χ0v) is 32.0. The monoisotopic (exact) mass is 796 g/mol. The second-order valence-electron chi connectivity index (χ2n) is 12.7. The summed E-state index contributed by atoms with van der Waals surface area (Å²) in [5.41, 5.74) is 2.40. The molecule has 22 heteroatoms. The molecule has 1 fully saturated rings. The Morgan fingerprint density at radius 2 is 1.40 bits per heavy atom. The minimum atomic E-state index is -5.88. The zero-order chi connectivity index (χ0) is 39.0. The van der Waals surface area contributed by atoms with E-state index in [9.17, 15) is 43.3 Å². The largest absolute Gasteiger partial charge is 0.490 e. The average molecular weight is 797 g/mol. The van der Waals surface area contributed by atoms with Crippen LogP contribution in [0.2, 0.25) is 0 Å². The molecule has 0 aromatic carbocycles. The molecule has 3 heterocycles. The Kier molecular flexibility index (Phi) is 15.7. The highest BCUT2D eigenvalue weighted by Gasteiger charge is 2.50. The van der Waals surface area contributed by atoms with Crippen LogP contribution in [0.1, 0.15) is 85.8 Å². The maximum Gasteiger partial charge on any atom is 0.490 e. The fourth-order valence-electron chi connectivity index (χ4n) is 5.38. The van der Waals surface area contributed by atoms with Crippen LogP contribution < -0.4 is 11.2 Å². The maximum atomic E-state index is 12.8. The lowest BCUT2D eigenvalue weighted by Gasteiger charge is -2.27. The van der Waals surface area contributed by atoms with Crippen LogP contribution in [-0.2, 0) is 31.6 Å². The minimum Gasteiger partial charge on any atom is -0.387 e. The quantitative estimate of drug-likeness (QED) is 0.0727. The van der Waals surface area contributed by atoms with Crippen molar-refractivity contribution < 1.29 is 61.4 Å². The van der Waals surface area contributed by atoms with Gasteiger partial charge in [0.05, 0.1) is 6.33 Å². The molecule has 0 amide bonds. The Balaban J connectivity index is 1.78. The Morgan fingerprint density at radius 3 is 1.96 bits per heavy atom. The Morgan fingerprint density at radius 1 is 0.846 bits per heavy atom. The number of phosphoric ester groups is 1. The van der Waals surface area contributed by atoms with Crippen LogP contribution in [0.25, 0.3) is 11.2 Å². The summed E-state index contributed by atoms with van der Waals surface area (Å²) in [5.74, 6) is 0. The van der Waals surface area contributed by atoms with Crippen molar-refractivity contribution in [3.63, 3.8) is 0 Å². The van der Waals surface area contributed by atoms with Gasteiger partial charge in [-0.3, -0.25) is 23.9 Å². The van der Waals surface area contributed by atoms with E-state index in [0.29, 0.717) is 12.8 Å². The number of aliphatic hydroxyl groups excluding tert-OH is 2. The van der Waals surface area contributed by atoms with Gasteiger partial charge in [-0.25, -0.2) is 23.5 Å². The van der Waals surface area contributed by atoms with Crippen molar-refractivity contribution in [2.75, 3.05) is 0 Å². The van der Waals surface area contributed by atoms with E-state index < -0.39 is 65.4 Å². The van der Waals surface area contributed by atoms with Gasteiger partial charge in [-0.05, 0) is 79.6 Å². The Labute approximate surface area is 299 Å². The van der Waals surface area contributed by atoms with Crippen LogP contribution >= 0.6 is 23.5 Å². The molecule has 3 rings (SSSR count). The number of aromatic amines is 2. The molecule has 1 aliphatic rings. The van der Waals surface area contributed by atoms with E-state index in [1.165, 1.54) is 16.7 Å². The fraction of sp³-hybridized carbons (Fsp3) is 0.567. The van der Waals surface area contributed by atoms with E-state index in [1.54, 1.807) is 13.0 Å². The van der Waals surface area contributed by atoms with Crippen molar-refractivity contribution in [3.05, 3.63) is 73.8 Å². The van der Waals surface area contributed by atoms with Gasteiger partial charge in [-0.1, -0.05) is 46.6 Å². The molecule has 3 unspecified atom stereocenters. The number of nitrogens with zero attached hydrogens (tertiary/aromatic N) is 2. The first-order chi connectivity index (χ1) is 24.1. The molecule has 52 heavy (non-hydrogen) atoms. The van der Waals surface area contributed by atoms with E-state index >= 15 is 0 Å². The highest BCUT2D eigenvalue weighted by Crippen LogP contribution is 2.67. The first kappa shape index (κ1) is 43.8. The highest BCUT2D eigenvalue weighted by atomic mass is 31.3. The van der Waals surface area contributed by atoms with Gasteiger partial charge in [0.25, 0.3) is 5.56 Å². The molecule has 8 N–H and O–H groups in total. The van der Waals surface area contributed by atoms with Crippen LogP contribution in [-0.4, -0.2) is 73.7 Å². The van der Waals surface area contributed by atoms with Crippen LogP contribution in [0.15, 0.2) is 62.5 Å². The number of rotatable bonds is 19. The molecule has 2 aromatic rings. The Hall–Kier alpha value is -2.60. The lowest BCUT2D eigenvalue weighted by molar-refractivity contribution is -0.0798. The lowest BCUT2D eigenvalue weighted by atomic mass is 10.0. The standard InChI is InChI=1S/C30H47N4O15P3/c1-18(2)9-6-10-19(3)11-7-12-20(4)13-8-14-21(5)15-16-22(47-51(42,43)49-52(44,45)48-50(39,40)41)26-24(35)25(36)29(46-26)34-17-31-23-27(34)32-30(38)33-28(23)37/h9,11,13,15,17,22,24-26,29,35-36H,6-8,10,12,14,16H2,1-5H3,(H,42,43)(H,44,45)(H2,39,40,41)(H2,32,33,37,38)/b19-11+,20-13+,21-15+/t22?,24-,25+,26+,29+/m0/s1. The number of ether oxygens (including phenoxy) is 1. The van der Waals surface area contributed by atoms with Gasteiger partial charge in [0.2, 0.25) is 0 Å².